The van der Waals surface area contributed by atoms with Crippen LogP contribution in [0.3, 0.4) is 0 Å². The van der Waals surface area contributed by atoms with Crippen LogP contribution >= 0.6 is 0 Å². The third-order valence-corrected chi connectivity index (χ3v) is 7.89. The van der Waals surface area contributed by atoms with Crippen molar-refractivity contribution in [3.8, 4) is 17.2 Å². The Labute approximate surface area is 257 Å². The van der Waals surface area contributed by atoms with Crippen molar-refractivity contribution < 1.29 is 14.2 Å². The highest BCUT2D eigenvalue weighted by Gasteiger charge is 2.03. The molecule has 0 amide bonds. The molecule has 0 bridgehead atoms. The van der Waals surface area contributed by atoms with Crippen molar-refractivity contribution in [1.82, 2.24) is 0 Å². The van der Waals surface area contributed by atoms with Crippen molar-refractivity contribution in [2.75, 3.05) is 13.2 Å². The van der Waals surface area contributed by atoms with Gasteiger partial charge in [0, 0.05) is 0 Å². The van der Waals surface area contributed by atoms with Crippen LogP contribution in [-0.4, -0.2) is 13.2 Å². The summed E-state index contributed by atoms with van der Waals surface area (Å²) in [6, 6.07) is 14.8. The third-order valence-electron chi connectivity index (χ3n) is 7.89. The average Bonchev–Trinajstić information content (AvgIpc) is 3.18. The summed E-state index contributed by atoms with van der Waals surface area (Å²) in [5.41, 5.74) is 0.866. The molecule has 42 heavy (non-hydrogen) atoms. The van der Waals surface area contributed by atoms with E-state index in [-0.39, 0.29) is 5.43 Å². The monoisotopic (exact) mass is 580 g/mol. The lowest BCUT2D eigenvalue weighted by molar-refractivity contribution is 0.298. The van der Waals surface area contributed by atoms with Gasteiger partial charge in [0.2, 0.25) is 5.43 Å². The highest BCUT2D eigenvalue weighted by atomic mass is 16.5. The predicted octanol–water partition coefficient (Wildman–Crippen LogP) is 11.2. The fourth-order valence-corrected chi connectivity index (χ4v) is 5.15. The molecule has 0 spiro atoms. The summed E-state index contributed by atoms with van der Waals surface area (Å²) in [7, 11) is 0. The van der Waals surface area contributed by atoms with Crippen molar-refractivity contribution >= 4 is 0 Å². The Morgan fingerprint density at radius 2 is 0.810 bits per heavy atom. The number of hydrogen-bond donors (Lipinski definition) is 0. The summed E-state index contributed by atoms with van der Waals surface area (Å²) in [5, 5.41) is 0. The molecular formula is C38H60O4. The zero-order valence-corrected chi connectivity index (χ0v) is 27.0. The highest BCUT2D eigenvalue weighted by molar-refractivity contribution is 5.30. The minimum Gasteiger partial charge on any atom is -0.494 e. The Balaban J connectivity index is 1.56. The summed E-state index contributed by atoms with van der Waals surface area (Å²) < 4.78 is 17.7. The topological polar surface area (TPSA) is 44.8 Å². The van der Waals surface area contributed by atoms with E-state index in [4.69, 9.17) is 14.2 Å². The average molecular weight is 581 g/mol. The minimum atomic E-state index is -0.139. The van der Waals surface area contributed by atoms with E-state index < -0.39 is 0 Å². The zero-order chi connectivity index (χ0) is 29.9. The van der Waals surface area contributed by atoms with Gasteiger partial charge in [-0.1, -0.05) is 142 Å². The Morgan fingerprint density at radius 1 is 0.429 bits per heavy atom. The number of rotatable bonds is 27. The van der Waals surface area contributed by atoms with Gasteiger partial charge < -0.3 is 14.2 Å². The smallest absolute Gasteiger partial charge is 0.220 e. The summed E-state index contributed by atoms with van der Waals surface area (Å²) in [5.74, 6) is 1.93. The molecule has 2 rings (SSSR count). The molecule has 4 nitrogen and oxygen atoms in total. The van der Waals surface area contributed by atoms with Crippen molar-refractivity contribution in [3.63, 3.8) is 0 Å². The first-order chi connectivity index (χ1) is 20.7. The van der Waals surface area contributed by atoms with Crippen molar-refractivity contribution in [1.29, 1.82) is 0 Å². The molecule has 0 fully saturated rings. The summed E-state index contributed by atoms with van der Waals surface area (Å²) in [6.45, 7) is 6.31. The lowest BCUT2D eigenvalue weighted by Crippen LogP contribution is -2.04. The van der Waals surface area contributed by atoms with Crippen molar-refractivity contribution in [3.05, 3.63) is 64.3 Å². The van der Waals surface area contributed by atoms with Gasteiger partial charge in [0.1, 0.15) is 18.1 Å². The van der Waals surface area contributed by atoms with Crippen LogP contribution in [0.2, 0.25) is 0 Å². The van der Waals surface area contributed by atoms with E-state index in [0.29, 0.717) is 24.7 Å². The van der Waals surface area contributed by atoms with Crippen LogP contribution in [-0.2, 0) is 6.61 Å². The molecule has 0 saturated heterocycles. The maximum atomic E-state index is 12.5. The maximum Gasteiger partial charge on any atom is 0.220 e. The van der Waals surface area contributed by atoms with Crippen LogP contribution in [0, 0.1) is 0 Å². The molecule has 2 aromatic carbocycles. The lowest BCUT2D eigenvalue weighted by Gasteiger charge is -2.08. The van der Waals surface area contributed by atoms with Gasteiger partial charge in [-0.25, -0.2) is 0 Å². The lowest BCUT2D eigenvalue weighted by atomic mass is 10.1. The van der Waals surface area contributed by atoms with E-state index in [1.807, 2.05) is 30.3 Å². The van der Waals surface area contributed by atoms with Gasteiger partial charge in [0.15, 0.2) is 5.75 Å². The SMILES string of the molecule is CCCCCCCCCCCCOc1ccc(COc2ccc(OCCCCCCCCCCCC)ccc2=O)cc1. The molecule has 0 N–H and O–H groups in total. The first-order valence-electron chi connectivity index (χ1n) is 17.3. The zero-order valence-electron chi connectivity index (χ0n) is 27.0. The minimum absolute atomic E-state index is 0.139. The molecular weight excluding hydrogens is 520 g/mol. The molecule has 0 atom stereocenters. The van der Waals surface area contributed by atoms with E-state index in [9.17, 15) is 4.79 Å². The van der Waals surface area contributed by atoms with Gasteiger partial charge in [0.25, 0.3) is 0 Å². The second kappa shape index (κ2) is 25.0. The Hall–Kier alpha value is -2.49. The molecule has 0 aromatic heterocycles. The van der Waals surface area contributed by atoms with E-state index in [1.54, 1.807) is 12.1 Å². The number of ether oxygens (including phenoxy) is 3. The summed E-state index contributed by atoms with van der Waals surface area (Å²) in [4.78, 5) is 12.5. The van der Waals surface area contributed by atoms with Crippen LogP contribution in [0.25, 0.3) is 0 Å². The number of hydrogen-bond acceptors (Lipinski definition) is 4. The van der Waals surface area contributed by atoms with Gasteiger partial charge in [-0.05, 0) is 54.8 Å². The Bertz CT molecular complexity index is 956. The van der Waals surface area contributed by atoms with Crippen LogP contribution in [0.15, 0.2) is 53.3 Å². The first-order valence-corrected chi connectivity index (χ1v) is 17.3. The molecule has 0 unspecified atom stereocenters. The van der Waals surface area contributed by atoms with Crippen LogP contribution in [0.4, 0.5) is 0 Å². The second-order valence-corrected chi connectivity index (χ2v) is 11.8. The number of benzene rings is 1. The largest absolute Gasteiger partial charge is 0.494 e. The summed E-state index contributed by atoms with van der Waals surface area (Å²) in [6.07, 6.45) is 26.3. The normalized spacial score (nSPS) is 11.0. The van der Waals surface area contributed by atoms with E-state index in [2.05, 4.69) is 13.8 Å². The molecule has 2 aromatic rings. The fourth-order valence-electron chi connectivity index (χ4n) is 5.15. The van der Waals surface area contributed by atoms with Crippen LogP contribution in [0.5, 0.6) is 17.2 Å². The van der Waals surface area contributed by atoms with Crippen LogP contribution in [0.1, 0.15) is 148 Å². The van der Waals surface area contributed by atoms with E-state index in [0.717, 1.165) is 30.8 Å². The van der Waals surface area contributed by atoms with Gasteiger partial charge in [-0.3, -0.25) is 4.79 Å². The summed E-state index contributed by atoms with van der Waals surface area (Å²) >= 11 is 0. The third kappa shape index (κ3) is 18.1. The first kappa shape index (κ1) is 35.7. The number of unbranched alkanes of at least 4 members (excludes halogenated alkanes) is 18. The second-order valence-electron chi connectivity index (χ2n) is 11.8. The van der Waals surface area contributed by atoms with Crippen molar-refractivity contribution in [2.45, 2.75) is 149 Å². The molecule has 0 aliphatic rings. The Kier molecular flexibility index (Phi) is 21.3. The van der Waals surface area contributed by atoms with Gasteiger partial charge in [-0.2, -0.15) is 0 Å². The molecule has 0 radical (unpaired) electrons. The van der Waals surface area contributed by atoms with Gasteiger partial charge >= 0.3 is 0 Å². The molecule has 0 heterocycles. The van der Waals surface area contributed by atoms with E-state index >= 15 is 0 Å². The van der Waals surface area contributed by atoms with Gasteiger partial charge in [0.05, 0.1) is 13.2 Å². The van der Waals surface area contributed by atoms with E-state index in [1.165, 1.54) is 122 Å². The quantitative estimate of drug-likeness (QED) is 0.0986. The molecule has 4 heteroatoms. The fraction of sp³-hybridized carbons (Fsp3) is 0.658. The molecule has 0 aliphatic carbocycles. The molecule has 0 aliphatic heterocycles. The standard InChI is InChI=1S/C38H60O4/c1-3-5-7-9-11-13-15-17-19-21-31-40-35-25-23-34(24-26-35)33-42-38-30-28-36(27-29-37(38)39)41-32-22-20-18-16-14-12-10-8-6-4-2/h23-30H,3-22,31-33H2,1-2H3. The molecule has 0 saturated carbocycles. The Morgan fingerprint density at radius 3 is 1.26 bits per heavy atom. The van der Waals surface area contributed by atoms with Crippen LogP contribution < -0.4 is 19.6 Å². The molecule has 236 valence electrons. The maximum absolute atomic E-state index is 12.5. The highest BCUT2D eigenvalue weighted by Crippen LogP contribution is 2.17. The predicted molar refractivity (Wildman–Crippen MR) is 178 cm³/mol. The van der Waals surface area contributed by atoms with Crippen molar-refractivity contribution in [2.24, 2.45) is 0 Å². The van der Waals surface area contributed by atoms with Gasteiger partial charge in [-0.15, -0.1) is 0 Å².